The first-order valence-electron chi connectivity index (χ1n) is 5.80. The van der Waals surface area contributed by atoms with Gasteiger partial charge in [-0.25, -0.2) is 9.97 Å². The second-order valence-electron chi connectivity index (χ2n) is 3.87. The predicted octanol–water partition coefficient (Wildman–Crippen LogP) is 2.53. The highest BCUT2D eigenvalue weighted by molar-refractivity contribution is 6.30. The van der Waals surface area contributed by atoms with Gasteiger partial charge in [0.2, 0.25) is 0 Å². The lowest BCUT2D eigenvalue weighted by molar-refractivity contribution is 0.0996. The minimum atomic E-state index is -0.641. The average molecular weight is 277 g/mol. The number of amides is 1. The lowest BCUT2D eigenvalue weighted by atomic mass is 10.3. The Morgan fingerprint density at radius 3 is 2.58 bits per heavy atom. The van der Waals surface area contributed by atoms with E-state index >= 15 is 0 Å². The van der Waals surface area contributed by atoms with Crippen LogP contribution in [0.15, 0.2) is 30.3 Å². The number of nitrogens with zero attached hydrogens (tertiary/aromatic N) is 2. The molecule has 1 heterocycles. The van der Waals surface area contributed by atoms with Gasteiger partial charge in [-0.15, -0.1) is 0 Å². The van der Waals surface area contributed by atoms with E-state index in [9.17, 15) is 4.79 Å². The number of para-hydroxylation sites is 1. The van der Waals surface area contributed by atoms with Crippen molar-refractivity contribution in [2.75, 3.05) is 5.32 Å². The van der Waals surface area contributed by atoms with Crippen LogP contribution in [0.2, 0.25) is 5.15 Å². The third kappa shape index (κ3) is 3.00. The number of nitrogens with one attached hydrogen (secondary N) is 1. The van der Waals surface area contributed by atoms with Crippen molar-refractivity contribution in [2.45, 2.75) is 13.3 Å². The van der Waals surface area contributed by atoms with Crippen molar-refractivity contribution in [2.24, 2.45) is 5.73 Å². The Morgan fingerprint density at radius 2 is 2.00 bits per heavy atom. The van der Waals surface area contributed by atoms with Crippen LogP contribution in [0.1, 0.15) is 23.1 Å². The van der Waals surface area contributed by atoms with Gasteiger partial charge in [-0.3, -0.25) is 4.79 Å². The number of anilines is 2. The normalized spacial score (nSPS) is 10.2. The molecule has 0 atom stereocenters. The van der Waals surface area contributed by atoms with Crippen LogP contribution in [0.3, 0.4) is 0 Å². The summed E-state index contributed by atoms with van der Waals surface area (Å²) in [5.41, 5.74) is 6.73. The van der Waals surface area contributed by atoms with Crippen LogP contribution in [0.4, 0.5) is 11.5 Å². The highest BCUT2D eigenvalue weighted by Crippen LogP contribution is 2.21. The van der Waals surface area contributed by atoms with E-state index < -0.39 is 5.91 Å². The summed E-state index contributed by atoms with van der Waals surface area (Å²) in [6, 6.07) is 9.30. The molecule has 98 valence electrons. The van der Waals surface area contributed by atoms with E-state index in [1.54, 1.807) is 0 Å². The van der Waals surface area contributed by atoms with Gasteiger partial charge in [0.25, 0.3) is 5.91 Å². The van der Waals surface area contributed by atoms with Gasteiger partial charge < -0.3 is 11.1 Å². The molecule has 3 N–H and O–H groups in total. The summed E-state index contributed by atoms with van der Waals surface area (Å²) in [7, 11) is 0. The summed E-state index contributed by atoms with van der Waals surface area (Å²) >= 11 is 6.01. The molecule has 19 heavy (non-hydrogen) atoms. The molecule has 2 rings (SSSR count). The summed E-state index contributed by atoms with van der Waals surface area (Å²) < 4.78 is 0. The number of hydrogen-bond acceptors (Lipinski definition) is 4. The van der Waals surface area contributed by atoms with Crippen molar-refractivity contribution in [3.8, 4) is 0 Å². The quantitative estimate of drug-likeness (QED) is 0.899. The smallest absolute Gasteiger partial charge is 0.271 e. The SMILES string of the molecule is CCc1nc(C(N)=O)c(Nc2ccccc2)nc1Cl. The molecule has 0 bridgehead atoms. The number of carbonyl (C=O) groups excluding carboxylic acids is 1. The number of rotatable bonds is 4. The fourth-order valence-corrected chi connectivity index (χ4v) is 1.85. The maximum atomic E-state index is 11.4. The predicted molar refractivity (Wildman–Crippen MR) is 74.7 cm³/mol. The molecule has 0 fully saturated rings. The highest BCUT2D eigenvalue weighted by atomic mass is 35.5. The molecule has 0 aliphatic rings. The third-order valence-electron chi connectivity index (χ3n) is 2.52. The standard InChI is InChI=1S/C13H13ClN4O/c1-2-9-11(14)18-13(10(17-9)12(15)19)16-8-6-4-3-5-7-8/h3-7H,2H2,1H3,(H2,15,19)(H,16,18). The second kappa shape index (κ2) is 5.67. The van der Waals surface area contributed by atoms with Crippen LogP contribution in [-0.4, -0.2) is 15.9 Å². The number of primary amides is 1. The van der Waals surface area contributed by atoms with E-state index in [0.717, 1.165) is 5.69 Å². The molecule has 1 aromatic heterocycles. The van der Waals surface area contributed by atoms with Crippen LogP contribution in [-0.2, 0) is 6.42 Å². The molecule has 2 aromatic rings. The maximum absolute atomic E-state index is 11.4. The van der Waals surface area contributed by atoms with Crippen LogP contribution in [0.25, 0.3) is 0 Å². The van der Waals surface area contributed by atoms with Gasteiger partial charge in [-0.1, -0.05) is 36.7 Å². The number of nitrogens with two attached hydrogens (primary N) is 1. The largest absolute Gasteiger partial charge is 0.364 e. The number of carbonyl (C=O) groups is 1. The topological polar surface area (TPSA) is 80.9 Å². The zero-order valence-electron chi connectivity index (χ0n) is 10.4. The molecule has 0 unspecified atom stereocenters. The van der Waals surface area contributed by atoms with E-state index in [-0.39, 0.29) is 16.7 Å². The Hall–Kier alpha value is -2.14. The fourth-order valence-electron chi connectivity index (χ4n) is 1.59. The number of aryl methyl sites for hydroxylation is 1. The molecule has 0 aliphatic carbocycles. The van der Waals surface area contributed by atoms with Crippen LogP contribution in [0, 0.1) is 0 Å². The van der Waals surface area contributed by atoms with Crippen molar-refractivity contribution in [3.63, 3.8) is 0 Å². The minimum Gasteiger partial charge on any atom is -0.364 e. The lowest BCUT2D eigenvalue weighted by Gasteiger charge is -2.10. The zero-order valence-corrected chi connectivity index (χ0v) is 11.1. The summed E-state index contributed by atoms with van der Waals surface area (Å²) in [5.74, 6) is -0.377. The first-order chi connectivity index (χ1) is 9.11. The van der Waals surface area contributed by atoms with Crippen molar-refractivity contribution in [3.05, 3.63) is 46.9 Å². The van der Waals surface area contributed by atoms with Gasteiger partial charge in [0, 0.05) is 5.69 Å². The van der Waals surface area contributed by atoms with E-state index in [1.165, 1.54) is 0 Å². The molecule has 0 radical (unpaired) electrons. The van der Waals surface area contributed by atoms with Gasteiger partial charge in [-0.2, -0.15) is 0 Å². The van der Waals surface area contributed by atoms with E-state index in [4.69, 9.17) is 17.3 Å². The lowest BCUT2D eigenvalue weighted by Crippen LogP contribution is -2.18. The summed E-state index contributed by atoms with van der Waals surface area (Å²) in [6.45, 7) is 1.88. The average Bonchev–Trinajstić information content (AvgIpc) is 2.39. The Labute approximate surface area is 115 Å². The molecule has 1 amide bonds. The summed E-state index contributed by atoms with van der Waals surface area (Å²) in [6.07, 6.45) is 0.581. The van der Waals surface area contributed by atoms with E-state index in [0.29, 0.717) is 12.1 Å². The van der Waals surface area contributed by atoms with E-state index in [2.05, 4.69) is 15.3 Å². The summed E-state index contributed by atoms with van der Waals surface area (Å²) in [4.78, 5) is 19.7. The van der Waals surface area contributed by atoms with Gasteiger partial charge in [0.15, 0.2) is 16.7 Å². The maximum Gasteiger partial charge on any atom is 0.271 e. The molecule has 0 saturated heterocycles. The van der Waals surface area contributed by atoms with Gasteiger partial charge >= 0.3 is 0 Å². The molecule has 0 aliphatic heterocycles. The molecule has 0 spiro atoms. The monoisotopic (exact) mass is 276 g/mol. The number of aromatic nitrogens is 2. The highest BCUT2D eigenvalue weighted by Gasteiger charge is 2.15. The van der Waals surface area contributed by atoms with Crippen LogP contribution in [0.5, 0.6) is 0 Å². The second-order valence-corrected chi connectivity index (χ2v) is 4.23. The number of halogens is 1. The fraction of sp³-hybridized carbons (Fsp3) is 0.154. The van der Waals surface area contributed by atoms with Gasteiger partial charge in [0.05, 0.1) is 5.69 Å². The number of benzene rings is 1. The molecular formula is C13H13ClN4O. The van der Waals surface area contributed by atoms with Gasteiger partial charge in [0.1, 0.15) is 0 Å². The Balaban J connectivity index is 2.44. The zero-order chi connectivity index (χ0) is 13.8. The van der Waals surface area contributed by atoms with Crippen LogP contribution < -0.4 is 11.1 Å². The van der Waals surface area contributed by atoms with Crippen molar-refractivity contribution >= 4 is 29.0 Å². The number of hydrogen-bond donors (Lipinski definition) is 2. The minimum absolute atomic E-state index is 0.0881. The molecule has 0 saturated carbocycles. The van der Waals surface area contributed by atoms with Crippen molar-refractivity contribution in [1.29, 1.82) is 0 Å². The first-order valence-corrected chi connectivity index (χ1v) is 6.18. The van der Waals surface area contributed by atoms with Crippen molar-refractivity contribution in [1.82, 2.24) is 9.97 Å². The molecule has 5 nitrogen and oxygen atoms in total. The Kier molecular flexibility index (Phi) is 3.97. The molecule has 6 heteroatoms. The van der Waals surface area contributed by atoms with Gasteiger partial charge in [-0.05, 0) is 18.6 Å². The Morgan fingerprint density at radius 1 is 1.32 bits per heavy atom. The summed E-state index contributed by atoms with van der Waals surface area (Å²) in [5, 5.41) is 3.26. The van der Waals surface area contributed by atoms with Crippen LogP contribution >= 0.6 is 11.6 Å². The first kappa shape index (κ1) is 13.3. The molecular weight excluding hydrogens is 264 g/mol. The van der Waals surface area contributed by atoms with E-state index in [1.807, 2.05) is 37.3 Å². The molecule has 1 aromatic carbocycles. The third-order valence-corrected chi connectivity index (χ3v) is 2.83. The van der Waals surface area contributed by atoms with Crippen molar-refractivity contribution < 1.29 is 4.79 Å². The Bertz CT molecular complexity index is 601.